The number of nitrogens with one attached hydrogen (secondary N) is 2. The maximum atomic E-state index is 13.5. The van der Waals surface area contributed by atoms with Crippen molar-refractivity contribution in [1.82, 2.24) is 19.8 Å². The Balaban J connectivity index is 1.39. The second-order valence-electron chi connectivity index (χ2n) is 10.2. The molecule has 1 heterocycles. The van der Waals surface area contributed by atoms with Crippen molar-refractivity contribution < 1.29 is 14.3 Å². The van der Waals surface area contributed by atoms with Crippen LogP contribution in [-0.2, 0) is 33.8 Å². The Morgan fingerprint density at radius 3 is 2.36 bits per heavy atom. The summed E-state index contributed by atoms with van der Waals surface area (Å²) < 4.78 is 7.66. The van der Waals surface area contributed by atoms with E-state index in [9.17, 15) is 19.2 Å². The molecule has 1 fully saturated rings. The Kier molecular flexibility index (Phi) is 10.1. The lowest BCUT2D eigenvalue weighted by Crippen LogP contribution is -2.44. The molecule has 1 aliphatic rings. The Hall–Kier alpha value is -3.72. The van der Waals surface area contributed by atoms with Crippen LogP contribution in [0.3, 0.4) is 0 Å². The minimum absolute atomic E-state index is 0.0520. The monoisotopic (exact) mass is 534 g/mol. The molecule has 3 aromatic rings. The van der Waals surface area contributed by atoms with E-state index in [0.29, 0.717) is 37.0 Å². The summed E-state index contributed by atoms with van der Waals surface area (Å²) in [7, 11) is 1.60. The molecule has 0 aliphatic heterocycles. The molecule has 0 atom stereocenters. The number of fused-ring (bicyclic) bond motifs is 1. The van der Waals surface area contributed by atoms with Crippen LogP contribution in [0.2, 0.25) is 0 Å². The van der Waals surface area contributed by atoms with Crippen molar-refractivity contribution in [2.45, 2.75) is 51.6 Å². The number of carbonyl (C=O) groups is 2. The van der Waals surface area contributed by atoms with Gasteiger partial charge in [-0.15, -0.1) is 0 Å². The molecule has 208 valence electrons. The fraction of sp³-hybridized carbons (Fsp3) is 0.467. The van der Waals surface area contributed by atoms with Gasteiger partial charge >= 0.3 is 5.69 Å². The second kappa shape index (κ2) is 13.9. The highest BCUT2D eigenvalue weighted by Crippen LogP contribution is 2.29. The van der Waals surface area contributed by atoms with E-state index >= 15 is 0 Å². The fourth-order valence-electron chi connectivity index (χ4n) is 5.31. The number of carbonyl (C=O) groups excluding carboxylic acids is 2. The standard InChI is InChI=1S/C30H38N4O5/c1-39-19-7-17-31-27(35)21-33-26-11-6-5-10-25(26)29(37)34(30(33)38)20-23-12-14-24(15-13-23)28(36)32-18-16-22-8-3-2-4-9-22/h2-6,8-11,23-24H,7,12-21H2,1H3,(H,31,35)(H,32,36). The number of hydrogen-bond acceptors (Lipinski definition) is 5. The van der Waals surface area contributed by atoms with Gasteiger partial charge in [0, 0.05) is 39.3 Å². The molecule has 9 heteroatoms. The lowest BCUT2D eigenvalue weighted by molar-refractivity contribution is -0.126. The van der Waals surface area contributed by atoms with Crippen molar-refractivity contribution in [1.29, 1.82) is 0 Å². The van der Waals surface area contributed by atoms with Gasteiger partial charge < -0.3 is 15.4 Å². The lowest BCUT2D eigenvalue weighted by atomic mass is 9.81. The van der Waals surface area contributed by atoms with E-state index in [1.54, 1.807) is 31.4 Å². The van der Waals surface area contributed by atoms with Crippen LogP contribution < -0.4 is 21.9 Å². The maximum absolute atomic E-state index is 13.5. The van der Waals surface area contributed by atoms with Crippen molar-refractivity contribution in [2.24, 2.45) is 11.8 Å². The number of aromatic nitrogens is 2. The first-order valence-corrected chi connectivity index (χ1v) is 13.8. The van der Waals surface area contributed by atoms with E-state index in [1.807, 2.05) is 18.2 Å². The summed E-state index contributed by atoms with van der Waals surface area (Å²) >= 11 is 0. The van der Waals surface area contributed by atoms with Crippen LogP contribution >= 0.6 is 0 Å². The van der Waals surface area contributed by atoms with Crippen molar-refractivity contribution in [3.63, 3.8) is 0 Å². The van der Waals surface area contributed by atoms with E-state index in [1.165, 1.54) is 14.7 Å². The second-order valence-corrected chi connectivity index (χ2v) is 10.2. The molecule has 0 spiro atoms. The maximum Gasteiger partial charge on any atom is 0.331 e. The molecule has 0 bridgehead atoms. The average Bonchev–Trinajstić information content (AvgIpc) is 2.96. The van der Waals surface area contributed by atoms with Crippen molar-refractivity contribution >= 4 is 22.7 Å². The lowest BCUT2D eigenvalue weighted by Gasteiger charge is -2.28. The summed E-state index contributed by atoms with van der Waals surface area (Å²) in [6.07, 6.45) is 4.44. The van der Waals surface area contributed by atoms with Gasteiger partial charge in [-0.1, -0.05) is 42.5 Å². The van der Waals surface area contributed by atoms with Gasteiger partial charge in [0.1, 0.15) is 6.54 Å². The molecule has 2 N–H and O–H groups in total. The molecule has 1 aromatic heterocycles. The van der Waals surface area contributed by atoms with Crippen LogP contribution in [0.25, 0.3) is 10.9 Å². The Morgan fingerprint density at radius 2 is 1.62 bits per heavy atom. The van der Waals surface area contributed by atoms with Crippen LogP contribution in [0.1, 0.15) is 37.7 Å². The number of hydrogen-bond donors (Lipinski definition) is 2. The molecule has 2 amide bonds. The van der Waals surface area contributed by atoms with Gasteiger partial charge in [0.25, 0.3) is 5.56 Å². The summed E-state index contributed by atoms with van der Waals surface area (Å²) in [5.74, 6) is -0.154. The highest BCUT2D eigenvalue weighted by Gasteiger charge is 2.27. The van der Waals surface area contributed by atoms with Gasteiger partial charge in [-0.2, -0.15) is 0 Å². The number of benzene rings is 2. The summed E-state index contributed by atoms with van der Waals surface area (Å²) in [4.78, 5) is 52.0. The third kappa shape index (κ3) is 7.44. The molecule has 4 rings (SSSR count). The summed E-state index contributed by atoms with van der Waals surface area (Å²) in [6, 6.07) is 17.0. The smallest absolute Gasteiger partial charge is 0.331 e. The number of ether oxygens (including phenoxy) is 1. The van der Waals surface area contributed by atoms with Crippen molar-refractivity contribution in [3.05, 3.63) is 81.0 Å². The van der Waals surface area contributed by atoms with Crippen LogP contribution in [0, 0.1) is 11.8 Å². The van der Waals surface area contributed by atoms with Gasteiger partial charge in [0.2, 0.25) is 11.8 Å². The molecule has 0 radical (unpaired) electrons. The van der Waals surface area contributed by atoms with Gasteiger partial charge in [0.05, 0.1) is 10.9 Å². The molecule has 1 aliphatic carbocycles. The zero-order valence-corrected chi connectivity index (χ0v) is 22.6. The third-order valence-electron chi connectivity index (χ3n) is 7.50. The van der Waals surface area contributed by atoms with E-state index in [0.717, 1.165) is 32.1 Å². The highest BCUT2D eigenvalue weighted by atomic mass is 16.5. The number of methoxy groups -OCH3 is 1. The normalized spacial score (nSPS) is 17.2. The molecule has 1 saturated carbocycles. The zero-order valence-electron chi connectivity index (χ0n) is 22.6. The Bertz CT molecular complexity index is 1370. The van der Waals surface area contributed by atoms with Crippen molar-refractivity contribution in [2.75, 3.05) is 26.8 Å². The van der Waals surface area contributed by atoms with E-state index < -0.39 is 5.69 Å². The quantitative estimate of drug-likeness (QED) is 0.347. The number of nitrogens with zero attached hydrogens (tertiary/aromatic N) is 2. The molecular formula is C30H38N4O5. The topological polar surface area (TPSA) is 111 Å². The molecule has 39 heavy (non-hydrogen) atoms. The van der Waals surface area contributed by atoms with Gasteiger partial charge in [-0.05, 0) is 62.1 Å². The van der Waals surface area contributed by atoms with Crippen LogP contribution in [-0.4, -0.2) is 47.8 Å². The van der Waals surface area contributed by atoms with Gasteiger partial charge in [-0.3, -0.25) is 23.5 Å². The first kappa shape index (κ1) is 28.3. The summed E-state index contributed by atoms with van der Waals surface area (Å²) in [6.45, 7) is 1.70. The third-order valence-corrected chi connectivity index (χ3v) is 7.50. The molecule has 9 nitrogen and oxygen atoms in total. The predicted octanol–water partition coefficient (Wildman–Crippen LogP) is 2.48. The minimum Gasteiger partial charge on any atom is -0.385 e. The first-order valence-electron chi connectivity index (χ1n) is 13.8. The fourth-order valence-corrected chi connectivity index (χ4v) is 5.31. The number of rotatable bonds is 12. The van der Waals surface area contributed by atoms with Crippen LogP contribution in [0.15, 0.2) is 64.2 Å². The summed E-state index contributed by atoms with van der Waals surface area (Å²) in [5, 5.41) is 6.28. The largest absolute Gasteiger partial charge is 0.385 e. The van der Waals surface area contributed by atoms with E-state index in [4.69, 9.17) is 4.74 Å². The molecular weight excluding hydrogens is 496 g/mol. The molecule has 2 aromatic carbocycles. The minimum atomic E-state index is -0.480. The number of amides is 2. The first-order chi connectivity index (χ1) is 19.0. The van der Waals surface area contributed by atoms with Crippen LogP contribution in [0.4, 0.5) is 0 Å². The molecule has 0 saturated heterocycles. The van der Waals surface area contributed by atoms with E-state index in [2.05, 4.69) is 22.8 Å². The Labute approximate surface area is 228 Å². The highest BCUT2D eigenvalue weighted by molar-refractivity contribution is 5.81. The average molecular weight is 535 g/mol. The van der Waals surface area contributed by atoms with Crippen molar-refractivity contribution in [3.8, 4) is 0 Å². The SMILES string of the molecule is COCCCNC(=O)Cn1c(=O)n(CC2CCC(C(=O)NCCc3ccccc3)CC2)c(=O)c2ccccc21. The van der Waals surface area contributed by atoms with Gasteiger partial charge in [-0.25, -0.2) is 4.79 Å². The summed E-state index contributed by atoms with van der Waals surface area (Å²) in [5.41, 5.74) is 0.822. The van der Waals surface area contributed by atoms with E-state index in [-0.39, 0.29) is 42.3 Å². The van der Waals surface area contributed by atoms with Crippen LogP contribution in [0.5, 0.6) is 0 Å². The predicted molar refractivity (Wildman–Crippen MR) is 151 cm³/mol. The van der Waals surface area contributed by atoms with Gasteiger partial charge in [0.15, 0.2) is 0 Å². The number of para-hydroxylation sites is 1. The zero-order chi connectivity index (χ0) is 27.6. The molecule has 0 unspecified atom stereocenters. The Morgan fingerprint density at radius 1 is 0.897 bits per heavy atom.